The number of hydrogen-bond acceptors (Lipinski definition) is 4. The van der Waals surface area contributed by atoms with E-state index in [1.165, 1.54) is 0 Å². The Labute approximate surface area is 58.1 Å². The van der Waals surface area contributed by atoms with E-state index in [1.807, 2.05) is 5.92 Å². The lowest BCUT2D eigenvalue weighted by Gasteiger charge is -1.96. The molecule has 0 rings (SSSR count). The molecule has 0 spiro atoms. The second-order valence-electron chi connectivity index (χ2n) is 1.27. The van der Waals surface area contributed by atoms with Crippen molar-refractivity contribution in [3.63, 3.8) is 0 Å². The van der Waals surface area contributed by atoms with Crippen LogP contribution < -0.4 is 0 Å². The molecule has 0 aliphatic rings. The summed E-state index contributed by atoms with van der Waals surface area (Å²) in [5.74, 6) is -0.0884. The van der Waals surface area contributed by atoms with Crippen molar-refractivity contribution in [3.05, 3.63) is 0 Å². The van der Waals surface area contributed by atoms with Gasteiger partial charge in [-0.1, -0.05) is 5.92 Å². The molecule has 0 aliphatic heterocycles. The Balaban J connectivity index is 3.65. The van der Waals surface area contributed by atoms with Gasteiger partial charge in [-0.15, -0.1) is 6.42 Å². The van der Waals surface area contributed by atoms with Gasteiger partial charge in [0.05, 0.1) is 7.11 Å². The monoisotopic (exact) mass is 142 g/mol. The molecule has 0 fully saturated rings. The second-order valence-corrected chi connectivity index (χ2v) is 1.27. The summed E-state index contributed by atoms with van der Waals surface area (Å²) in [6.45, 7) is -0.214. The normalized spacial score (nSPS) is 7.60. The van der Waals surface area contributed by atoms with Gasteiger partial charge >= 0.3 is 11.9 Å². The van der Waals surface area contributed by atoms with Gasteiger partial charge in [0.2, 0.25) is 0 Å². The van der Waals surface area contributed by atoms with Gasteiger partial charge in [-0.25, -0.2) is 9.59 Å². The van der Waals surface area contributed by atoms with E-state index >= 15 is 0 Å². The van der Waals surface area contributed by atoms with Crippen molar-refractivity contribution in [1.29, 1.82) is 0 Å². The van der Waals surface area contributed by atoms with E-state index in [4.69, 9.17) is 6.42 Å². The van der Waals surface area contributed by atoms with Crippen LogP contribution in [0.25, 0.3) is 0 Å². The van der Waals surface area contributed by atoms with E-state index in [-0.39, 0.29) is 6.61 Å². The Bertz CT molecular complexity index is 177. The zero-order chi connectivity index (χ0) is 7.98. The molecule has 4 heteroatoms. The quantitative estimate of drug-likeness (QED) is 0.277. The summed E-state index contributed by atoms with van der Waals surface area (Å²) >= 11 is 0. The minimum atomic E-state index is -1.07. The van der Waals surface area contributed by atoms with E-state index in [9.17, 15) is 9.59 Å². The molecule has 0 aromatic rings. The molecule has 0 N–H and O–H groups in total. The minimum Gasteiger partial charge on any atom is -0.461 e. The molecule has 0 aliphatic carbocycles. The summed E-state index contributed by atoms with van der Waals surface area (Å²) in [5.41, 5.74) is 0. The summed E-state index contributed by atoms with van der Waals surface area (Å²) in [5, 5.41) is 0. The molecule has 0 amide bonds. The van der Waals surface area contributed by atoms with Crippen LogP contribution in [0.5, 0.6) is 0 Å². The maximum atomic E-state index is 10.3. The third-order valence-electron chi connectivity index (χ3n) is 0.639. The summed E-state index contributed by atoms with van der Waals surface area (Å²) in [6, 6.07) is 0. The van der Waals surface area contributed by atoms with E-state index in [0.717, 1.165) is 7.11 Å². The van der Waals surface area contributed by atoms with Crippen LogP contribution in [0.15, 0.2) is 0 Å². The Kier molecular flexibility index (Phi) is 3.73. The maximum absolute atomic E-state index is 10.3. The van der Waals surface area contributed by atoms with Gasteiger partial charge in [0, 0.05) is 0 Å². The fraction of sp³-hybridized carbons (Fsp3) is 0.333. The number of carbonyl (C=O) groups excluding carboxylic acids is 2. The molecule has 0 aromatic heterocycles. The van der Waals surface area contributed by atoms with Crippen molar-refractivity contribution in [1.82, 2.24) is 0 Å². The zero-order valence-electron chi connectivity index (χ0n) is 5.42. The highest BCUT2D eigenvalue weighted by molar-refractivity contribution is 6.29. The van der Waals surface area contributed by atoms with Gasteiger partial charge in [-0.05, 0) is 0 Å². The Morgan fingerprint density at radius 1 is 1.50 bits per heavy atom. The summed E-state index contributed by atoms with van der Waals surface area (Å²) in [6.07, 6.45) is 4.74. The number of methoxy groups -OCH3 is 1. The first-order chi connectivity index (χ1) is 4.72. The zero-order valence-corrected chi connectivity index (χ0v) is 5.42. The smallest absolute Gasteiger partial charge is 0.418 e. The highest BCUT2D eigenvalue weighted by atomic mass is 16.6. The van der Waals surface area contributed by atoms with Gasteiger partial charge in [0.1, 0.15) is 0 Å². The van der Waals surface area contributed by atoms with Crippen LogP contribution >= 0.6 is 0 Å². The number of terminal acetylenes is 1. The fourth-order valence-electron chi connectivity index (χ4n) is 0.249. The molecule has 54 valence electrons. The molecule has 10 heavy (non-hydrogen) atoms. The molecule has 0 aromatic carbocycles. The van der Waals surface area contributed by atoms with Crippen LogP contribution in [0.2, 0.25) is 0 Å². The van der Waals surface area contributed by atoms with Crippen LogP contribution in [0.4, 0.5) is 0 Å². The molecular weight excluding hydrogens is 136 g/mol. The molecule has 0 atom stereocenters. The lowest BCUT2D eigenvalue weighted by Crippen LogP contribution is -2.18. The van der Waals surface area contributed by atoms with Crippen molar-refractivity contribution in [2.75, 3.05) is 13.7 Å². The number of ether oxygens (including phenoxy) is 2. The van der Waals surface area contributed by atoms with Gasteiger partial charge < -0.3 is 9.47 Å². The SMILES string of the molecule is C#CCOC(=O)C(=O)OC. The standard InChI is InChI=1S/C6H6O4/c1-3-4-10-6(8)5(7)9-2/h1H,4H2,2H3. The maximum Gasteiger partial charge on any atom is 0.418 e. The molecule has 0 bridgehead atoms. The van der Waals surface area contributed by atoms with E-state index < -0.39 is 11.9 Å². The van der Waals surface area contributed by atoms with Gasteiger partial charge in [-0.2, -0.15) is 0 Å². The Morgan fingerprint density at radius 2 is 2.10 bits per heavy atom. The molecule has 4 nitrogen and oxygen atoms in total. The molecule has 0 unspecified atom stereocenters. The predicted octanol–water partition coefficient (Wildman–Crippen LogP) is -0.664. The van der Waals surface area contributed by atoms with Gasteiger partial charge in [0.25, 0.3) is 0 Å². The lowest BCUT2D eigenvalue weighted by atomic mass is 10.7. The van der Waals surface area contributed by atoms with Crippen molar-refractivity contribution in [2.45, 2.75) is 0 Å². The third kappa shape index (κ3) is 2.72. The van der Waals surface area contributed by atoms with E-state index in [0.29, 0.717) is 0 Å². The highest BCUT2D eigenvalue weighted by Gasteiger charge is 2.13. The average molecular weight is 142 g/mol. The predicted molar refractivity (Wildman–Crippen MR) is 31.8 cm³/mol. The topological polar surface area (TPSA) is 52.6 Å². The Morgan fingerprint density at radius 3 is 2.50 bits per heavy atom. The van der Waals surface area contributed by atoms with Gasteiger partial charge in [0.15, 0.2) is 6.61 Å². The summed E-state index contributed by atoms with van der Waals surface area (Å²) in [4.78, 5) is 20.6. The van der Waals surface area contributed by atoms with E-state index in [2.05, 4.69) is 9.47 Å². The molecule has 0 saturated heterocycles. The molecular formula is C6H6O4. The molecule has 0 saturated carbocycles. The molecule has 0 heterocycles. The number of esters is 2. The van der Waals surface area contributed by atoms with Crippen LogP contribution in [-0.4, -0.2) is 25.7 Å². The van der Waals surface area contributed by atoms with Crippen LogP contribution in [0.1, 0.15) is 0 Å². The largest absolute Gasteiger partial charge is 0.461 e. The molecule has 0 radical (unpaired) electrons. The fourth-order valence-corrected chi connectivity index (χ4v) is 0.249. The minimum absolute atomic E-state index is 0.214. The van der Waals surface area contributed by atoms with Crippen LogP contribution in [0, 0.1) is 12.3 Å². The first-order valence-corrected chi connectivity index (χ1v) is 2.41. The summed E-state index contributed by atoms with van der Waals surface area (Å²) < 4.78 is 8.22. The first kappa shape index (κ1) is 8.50. The van der Waals surface area contributed by atoms with Crippen molar-refractivity contribution >= 4 is 11.9 Å². The lowest BCUT2D eigenvalue weighted by molar-refractivity contribution is -0.164. The van der Waals surface area contributed by atoms with E-state index in [1.54, 1.807) is 0 Å². The second kappa shape index (κ2) is 4.39. The van der Waals surface area contributed by atoms with Gasteiger partial charge in [-0.3, -0.25) is 0 Å². The third-order valence-corrected chi connectivity index (χ3v) is 0.639. The Hall–Kier alpha value is -1.50. The van der Waals surface area contributed by atoms with Crippen LogP contribution in [-0.2, 0) is 19.1 Å². The number of rotatable bonds is 1. The van der Waals surface area contributed by atoms with Crippen molar-refractivity contribution in [3.8, 4) is 12.3 Å². The van der Waals surface area contributed by atoms with Crippen molar-refractivity contribution in [2.24, 2.45) is 0 Å². The number of carbonyl (C=O) groups is 2. The first-order valence-electron chi connectivity index (χ1n) is 2.41. The highest BCUT2D eigenvalue weighted by Crippen LogP contribution is 1.80. The van der Waals surface area contributed by atoms with Crippen LogP contribution in [0.3, 0.4) is 0 Å². The summed E-state index contributed by atoms with van der Waals surface area (Å²) in [7, 11) is 1.08. The van der Waals surface area contributed by atoms with Crippen molar-refractivity contribution < 1.29 is 19.1 Å². The number of hydrogen-bond donors (Lipinski definition) is 0. The average Bonchev–Trinajstić information content (AvgIpc) is 1.98.